The lowest BCUT2D eigenvalue weighted by Crippen LogP contribution is -2.30. The zero-order valence-corrected chi connectivity index (χ0v) is 33.9. The Morgan fingerprint density at radius 1 is 0.380 bits per heavy atom. The molecule has 0 aliphatic heterocycles. The van der Waals surface area contributed by atoms with Crippen LogP contribution in [0, 0.1) is 5.92 Å². The molecule has 0 rings (SSSR count). The number of unbranched alkanes of at least 4 members (excludes halogenated alkanes) is 26. The second kappa shape index (κ2) is 38.6. The first kappa shape index (κ1) is 48.4. The molecule has 0 bridgehead atoms. The quantitative estimate of drug-likeness (QED) is 0.0359. The molecule has 0 aliphatic carbocycles. The Morgan fingerprint density at radius 2 is 0.660 bits per heavy atom. The van der Waals surface area contributed by atoms with Crippen LogP contribution in [0.1, 0.15) is 240 Å². The van der Waals surface area contributed by atoms with Gasteiger partial charge in [-0.05, 0) is 25.2 Å². The average molecular weight is 709 g/mol. The van der Waals surface area contributed by atoms with E-state index in [1.165, 1.54) is 135 Å². The third-order valence-corrected chi connectivity index (χ3v) is 9.79. The van der Waals surface area contributed by atoms with Crippen LogP contribution in [0.2, 0.25) is 0 Å². The first-order valence-electron chi connectivity index (χ1n) is 21.9. The molecule has 0 aliphatic rings. The van der Waals surface area contributed by atoms with Gasteiger partial charge in [-0.3, -0.25) is 14.4 Å². The van der Waals surface area contributed by atoms with Crippen LogP contribution in [-0.4, -0.2) is 37.2 Å². The van der Waals surface area contributed by atoms with Crippen molar-refractivity contribution in [1.29, 1.82) is 0 Å². The summed E-state index contributed by atoms with van der Waals surface area (Å²) in [5.74, 6) is -0.0838. The number of hydrogen-bond acceptors (Lipinski definition) is 6. The molecule has 0 aromatic carbocycles. The molecule has 0 saturated heterocycles. The fraction of sp³-hybridized carbons (Fsp3) is 0.932. The van der Waals surface area contributed by atoms with Crippen molar-refractivity contribution in [1.82, 2.24) is 0 Å². The van der Waals surface area contributed by atoms with Crippen molar-refractivity contribution in [2.75, 3.05) is 13.2 Å². The maximum absolute atomic E-state index is 12.7. The summed E-state index contributed by atoms with van der Waals surface area (Å²) < 4.78 is 16.6. The van der Waals surface area contributed by atoms with Gasteiger partial charge in [0.15, 0.2) is 6.10 Å². The standard InChI is InChI=1S/C44H84O6/c1-5-7-9-11-13-14-15-16-17-18-19-20-24-29-33-37-44(47)50-41(38-48-42(45)35-31-27-22-12-10-8-6-2)39-49-43(46)36-32-28-25-21-23-26-30-34-40(3)4/h40-41H,5-39H2,1-4H3/t41-/m0/s1. The predicted octanol–water partition coefficient (Wildman–Crippen LogP) is 13.6. The fourth-order valence-electron chi connectivity index (χ4n) is 6.45. The van der Waals surface area contributed by atoms with Crippen LogP contribution in [0.25, 0.3) is 0 Å². The van der Waals surface area contributed by atoms with Gasteiger partial charge in [0.2, 0.25) is 0 Å². The maximum Gasteiger partial charge on any atom is 0.306 e. The molecule has 0 saturated carbocycles. The number of carbonyl (C=O) groups is 3. The number of esters is 3. The minimum Gasteiger partial charge on any atom is -0.462 e. The van der Waals surface area contributed by atoms with Crippen LogP contribution in [0.5, 0.6) is 0 Å². The third kappa shape index (κ3) is 37.7. The van der Waals surface area contributed by atoms with Crippen LogP contribution < -0.4 is 0 Å². The van der Waals surface area contributed by atoms with E-state index in [2.05, 4.69) is 27.7 Å². The van der Waals surface area contributed by atoms with E-state index in [0.29, 0.717) is 19.3 Å². The normalized spacial score (nSPS) is 11.9. The number of rotatable bonds is 39. The van der Waals surface area contributed by atoms with Gasteiger partial charge in [0, 0.05) is 19.3 Å². The molecule has 0 heterocycles. The highest BCUT2D eigenvalue weighted by Crippen LogP contribution is 2.16. The summed E-state index contributed by atoms with van der Waals surface area (Å²) in [5.41, 5.74) is 0. The van der Waals surface area contributed by atoms with Gasteiger partial charge >= 0.3 is 17.9 Å². The molecule has 0 N–H and O–H groups in total. The van der Waals surface area contributed by atoms with Crippen molar-refractivity contribution in [3.8, 4) is 0 Å². The second-order valence-electron chi connectivity index (χ2n) is 15.5. The molecule has 0 amide bonds. The van der Waals surface area contributed by atoms with Crippen LogP contribution in [0.4, 0.5) is 0 Å². The van der Waals surface area contributed by atoms with E-state index in [0.717, 1.165) is 63.7 Å². The fourth-order valence-corrected chi connectivity index (χ4v) is 6.45. The Hall–Kier alpha value is -1.59. The lowest BCUT2D eigenvalue weighted by molar-refractivity contribution is -0.167. The van der Waals surface area contributed by atoms with Gasteiger partial charge in [-0.25, -0.2) is 0 Å². The summed E-state index contributed by atoms with van der Waals surface area (Å²) in [6.07, 6.45) is 36.7. The predicted molar refractivity (Wildman–Crippen MR) is 210 cm³/mol. The number of hydrogen-bond donors (Lipinski definition) is 0. The van der Waals surface area contributed by atoms with E-state index in [4.69, 9.17) is 14.2 Å². The summed E-state index contributed by atoms with van der Waals surface area (Å²) in [6, 6.07) is 0. The number of ether oxygens (including phenoxy) is 3. The number of carbonyl (C=O) groups excluding carboxylic acids is 3. The van der Waals surface area contributed by atoms with Gasteiger partial charge in [0.05, 0.1) is 0 Å². The van der Waals surface area contributed by atoms with Crippen molar-refractivity contribution in [3.05, 3.63) is 0 Å². The van der Waals surface area contributed by atoms with Crippen molar-refractivity contribution in [2.24, 2.45) is 5.92 Å². The molecule has 1 atom stereocenters. The maximum atomic E-state index is 12.7. The molecule has 6 heteroatoms. The van der Waals surface area contributed by atoms with Crippen molar-refractivity contribution >= 4 is 17.9 Å². The Kier molecular flexibility index (Phi) is 37.4. The average Bonchev–Trinajstić information content (AvgIpc) is 3.09. The Labute approximate surface area is 310 Å². The van der Waals surface area contributed by atoms with Crippen LogP contribution in [0.3, 0.4) is 0 Å². The van der Waals surface area contributed by atoms with E-state index in [-0.39, 0.29) is 31.1 Å². The minimum atomic E-state index is -0.758. The summed E-state index contributed by atoms with van der Waals surface area (Å²) in [5, 5.41) is 0. The van der Waals surface area contributed by atoms with Crippen LogP contribution in [0.15, 0.2) is 0 Å². The van der Waals surface area contributed by atoms with Gasteiger partial charge in [0.1, 0.15) is 13.2 Å². The topological polar surface area (TPSA) is 78.9 Å². The Morgan fingerprint density at radius 3 is 0.980 bits per heavy atom. The summed E-state index contributed by atoms with van der Waals surface area (Å²) >= 11 is 0. The van der Waals surface area contributed by atoms with E-state index in [9.17, 15) is 14.4 Å². The molecule has 296 valence electrons. The highest BCUT2D eigenvalue weighted by Gasteiger charge is 2.19. The molecule has 0 unspecified atom stereocenters. The zero-order valence-electron chi connectivity index (χ0n) is 33.9. The van der Waals surface area contributed by atoms with E-state index < -0.39 is 6.10 Å². The second-order valence-corrected chi connectivity index (χ2v) is 15.5. The summed E-state index contributed by atoms with van der Waals surface area (Å²) in [6.45, 7) is 8.90. The lowest BCUT2D eigenvalue weighted by Gasteiger charge is -2.18. The Balaban J connectivity index is 4.27. The molecule has 0 spiro atoms. The van der Waals surface area contributed by atoms with Crippen molar-refractivity contribution in [2.45, 2.75) is 246 Å². The molecule has 0 aromatic heterocycles. The van der Waals surface area contributed by atoms with Crippen molar-refractivity contribution < 1.29 is 28.6 Å². The molecule has 50 heavy (non-hydrogen) atoms. The smallest absolute Gasteiger partial charge is 0.306 e. The van der Waals surface area contributed by atoms with Crippen LogP contribution in [-0.2, 0) is 28.6 Å². The largest absolute Gasteiger partial charge is 0.462 e. The van der Waals surface area contributed by atoms with E-state index in [1.54, 1.807) is 0 Å². The first-order valence-corrected chi connectivity index (χ1v) is 21.9. The molecular weight excluding hydrogens is 624 g/mol. The van der Waals surface area contributed by atoms with E-state index in [1.807, 2.05) is 0 Å². The molecule has 0 aromatic rings. The molecule has 0 radical (unpaired) electrons. The molecule has 0 fully saturated rings. The highest BCUT2D eigenvalue weighted by atomic mass is 16.6. The molecule has 6 nitrogen and oxygen atoms in total. The van der Waals surface area contributed by atoms with Gasteiger partial charge in [-0.2, -0.15) is 0 Å². The van der Waals surface area contributed by atoms with E-state index >= 15 is 0 Å². The van der Waals surface area contributed by atoms with Gasteiger partial charge in [-0.15, -0.1) is 0 Å². The third-order valence-electron chi connectivity index (χ3n) is 9.79. The molecular formula is C44H84O6. The minimum absolute atomic E-state index is 0.0655. The highest BCUT2D eigenvalue weighted by molar-refractivity contribution is 5.71. The first-order chi connectivity index (χ1) is 24.4. The van der Waals surface area contributed by atoms with Crippen LogP contribution >= 0.6 is 0 Å². The van der Waals surface area contributed by atoms with Gasteiger partial charge in [-0.1, -0.05) is 201 Å². The summed E-state index contributed by atoms with van der Waals surface area (Å²) in [4.78, 5) is 37.5. The summed E-state index contributed by atoms with van der Waals surface area (Å²) in [7, 11) is 0. The van der Waals surface area contributed by atoms with Gasteiger partial charge < -0.3 is 14.2 Å². The zero-order chi connectivity index (χ0) is 36.8. The van der Waals surface area contributed by atoms with Gasteiger partial charge in [0.25, 0.3) is 0 Å². The van der Waals surface area contributed by atoms with Crippen molar-refractivity contribution in [3.63, 3.8) is 0 Å². The Bertz CT molecular complexity index is 751. The lowest BCUT2D eigenvalue weighted by atomic mass is 10.0. The SMILES string of the molecule is CCCCCCCCCCCCCCCCCC(=O)O[C@@H](COC(=O)CCCCCCCCC)COC(=O)CCCCCCCCCC(C)C. The monoisotopic (exact) mass is 709 g/mol.